The van der Waals surface area contributed by atoms with Crippen LogP contribution in [0.4, 0.5) is 23.0 Å². The molecule has 0 bridgehead atoms. The first-order valence-corrected chi connectivity index (χ1v) is 8.54. The molecule has 8 heteroatoms. The van der Waals surface area contributed by atoms with Gasteiger partial charge in [0.2, 0.25) is 0 Å². The third-order valence-electron chi connectivity index (χ3n) is 3.13. The molecule has 4 N–H and O–H groups in total. The van der Waals surface area contributed by atoms with Crippen LogP contribution in [0.25, 0.3) is 0 Å². The highest BCUT2D eigenvalue weighted by atomic mass is 32.2. The largest absolute Gasteiger partial charge is 0.397 e. The van der Waals surface area contributed by atoms with Gasteiger partial charge in [0.15, 0.2) is 0 Å². The lowest BCUT2D eigenvalue weighted by Gasteiger charge is -2.09. The SMILES string of the molecule is Nc1ccc(Nc2ccc(S(=O)(=O)Nc3ccccn3)cc2)nc1. The molecule has 3 rings (SSSR count). The van der Waals surface area contributed by atoms with Crippen molar-refractivity contribution in [3.05, 3.63) is 67.0 Å². The Labute approximate surface area is 139 Å². The van der Waals surface area contributed by atoms with Crippen LogP contribution in [-0.2, 0) is 10.0 Å². The second-order valence-electron chi connectivity index (χ2n) is 4.95. The van der Waals surface area contributed by atoms with Gasteiger partial charge in [0, 0.05) is 11.9 Å². The minimum absolute atomic E-state index is 0.143. The van der Waals surface area contributed by atoms with Gasteiger partial charge in [-0.05, 0) is 48.5 Å². The number of hydrogen-bond donors (Lipinski definition) is 3. The highest BCUT2D eigenvalue weighted by Gasteiger charge is 2.14. The molecule has 0 saturated carbocycles. The van der Waals surface area contributed by atoms with Crippen molar-refractivity contribution in [2.75, 3.05) is 15.8 Å². The number of hydrogen-bond acceptors (Lipinski definition) is 6. The van der Waals surface area contributed by atoms with Crippen LogP contribution in [0.2, 0.25) is 0 Å². The topological polar surface area (TPSA) is 110 Å². The Kier molecular flexibility index (Phi) is 4.30. The molecule has 0 saturated heterocycles. The zero-order valence-electron chi connectivity index (χ0n) is 12.5. The molecule has 7 nitrogen and oxygen atoms in total. The first-order chi connectivity index (χ1) is 11.5. The van der Waals surface area contributed by atoms with Crippen molar-refractivity contribution in [1.82, 2.24) is 9.97 Å². The second-order valence-corrected chi connectivity index (χ2v) is 6.63. The lowest BCUT2D eigenvalue weighted by Crippen LogP contribution is -2.13. The number of nitrogen functional groups attached to an aromatic ring is 1. The molecule has 0 aliphatic carbocycles. The molecule has 0 spiro atoms. The molecule has 1 aromatic carbocycles. The summed E-state index contributed by atoms with van der Waals surface area (Å²) in [5.74, 6) is 0.886. The minimum Gasteiger partial charge on any atom is -0.397 e. The van der Waals surface area contributed by atoms with Crippen molar-refractivity contribution in [3.8, 4) is 0 Å². The number of rotatable bonds is 5. The van der Waals surface area contributed by atoms with Gasteiger partial charge in [-0.15, -0.1) is 0 Å². The predicted octanol–water partition coefficient (Wildman–Crippen LogP) is 2.60. The maximum absolute atomic E-state index is 12.3. The Morgan fingerprint density at radius 1 is 0.875 bits per heavy atom. The fraction of sp³-hybridized carbons (Fsp3) is 0. The van der Waals surface area contributed by atoms with Gasteiger partial charge in [-0.25, -0.2) is 18.4 Å². The van der Waals surface area contributed by atoms with Crippen LogP contribution < -0.4 is 15.8 Å². The summed E-state index contributed by atoms with van der Waals surface area (Å²) < 4.78 is 27.0. The van der Waals surface area contributed by atoms with Gasteiger partial charge in [-0.3, -0.25) is 4.72 Å². The monoisotopic (exact) mass is 341 g/mol. The quantitative estimate of drug-likeness (QED) is 0.658. The first-order valence-electron chi connectivity index (χ1n) is 7.05. The van der Waals surface area contributed by atoms with Gasteiger partial charge in [0.05, 0.1) is 16.8 Å². The lowest BCUT2D eigenvalue weighted by molar-refractivity contribution is 0.601. The summed E-state index contributed by atoms with van der Waals surface area (Å²) >= 11 is 0. The highest BCUT2D eigenvalue weighted by molar-refractivity contribution is 7.92. The molecular weight excluding hydrogens is 326 g/mol. The van der Waals surface area contributed by atoms with E-state index in [4.69, 9.17) is 5.73 Å². The van der Waals surface area contributed by atoms with Crippen LogP contribution in [-0.4, -0.2) is 18.4 Å². The summed E-state index contributed by atoms with van der Waals surface area (Å²) in [5, 5.41) is 3.07. The van der Waals surface area contributed by atoms with Gasteiger partial charge in [-0.1, -0.05) is 6.07 Å². The van der Waals surface area contributed by atoms with Crippen LogP contribution in [0.5, 0.6) is 0 Å². The van der Waals surface area contributed by atoms with Crippen molar-refractivity contribution >= 4 is 33.0 Å². The van der Waals surface area contributed by atoms with Crippen LogP contribution in [0.15, 0.2) is 71.9 Å². The summed E-state index contributed by atoms with van der Waals surface area (Å²) in [7, 11) is -3.68. The summed E-state index contributed by atoms with van der Waals surface area (Å²) in [4.78, 5) is 8.22. The molecule has 0 amide bonds. The van der Waals surface area contributed by atoms with E-state index in [0.29, 0.717) is 17.2 Å². The smallest absolute Gasteiger partial charge is 0.263 e. The van der Waals surface area contributed by atoms with Crippen molar-refractivity contribution < 1.29 is 8.42 Å². The average Bonchev–Trinajstić information content (AvgIpc) is 2.58. The molecular formula is C16H15N5O2S. The molecule has 2 heterocycles. The Balaban J connectivity index is 1.75. The Bertz CT molecular complexity index is 911. The molecule has 0 aliphatic heterocycles. The van der Waals surface area contributed by atoms with E-state index < -0.39 is 10.0 Å². The summed E-state index contributed by atoms with van der Waals surface area (Å²) in [6.07, 6.45) is 3.06. The van der Waals surface area contributed by atoms with E-state index in [2.05, 4.69) is 20.0 Å². The zero-order valence-corrected chi connectivity index (χ0v) is 13.4. The van der Waals surface area contributed by atoms with Crippen molar-refractivity contribution in [3.63, 3.8) is 0 Å². The van der Waals surface area contributed by atoms with E-state index in [9.17, 15) is 8.42 Å². The molecule has 3 aromatic rings. The third kappa shape index (κ3) is 3.79. The van der Waals surface area contributed by atoms with E-state index in [1.54, 1.807) is 42.5 Å². The number of anilines is 4. The number of sulfonamides is 1. The van der Waals surface area contributed by atoms with E-state index in [-0.39, 0.29) is 10.7 Å². The number of pyridine rings is 2. The lowest BCUT2D eigenvalue weighted by atomic mass is 10.3. The van der Waals surface area contributed by atoms with Gasteiger partial charge in [-0.2, -0.15) is 0 Å². The van der Waals surface area contributed by atoms with E-state index in [1.165, 1.54) is 24.5 Å². The molecule has 122 valence electrons. The van der Waals surface area contributed by atoms with Crippen molar-refractivity contribution in [1.29, 1.82) is 0 Å². The minimum atomic E-state index is -3.68. The highest BCUT2D eigenvalue weighted by Crippen LogP contribution is 2.19. The molecule has 0 aliphatic rings. The van der Waals surface area contributed by atoms with Crippen molar-refractivity contribution in [2.24, 2.45) is 0 Å². The maximum atomic E-state index is 12.3. The van der Waals surface area contributed by atoms with E-state index in [1.807, 2.05) is 0 Å². The number of nitrogens with two attached hydrogens (primary N) is 1. The van der Waals surface area contributed by atoms with Gasteiger partial charge in [0.25, 0.3) is 10.0 Å². The number of nitrogens with one attached hydrogen (secondary N) is 2. The van der Waals surface area contributed by atoms with Crippen LogP contribution >= 0.6 is 0 Å². The first kappa shape index (κ1) is 15.8. The Hall–Kier alpha value is -3.13. The normalized spacial score (nSPS) is 11.0. The van der Waals surface area contributed by atoms with E-state index >= 15 is 0 Å². The van der Waals surface area contributed by atoms with Crippen LogP contribution in [0.1, 0.15) is 0 Å². The standard InChI is InChI=1S/C16H15N5O2S/c17-12-4-9-15(19-11-12)20-13-5-7-14(8-6-13)24(22,23)21-16-3-1-2-10-18-16/h1-11H,17H2,(H,18,21)(H,19,20). The molecule has 24 heavy (non-hydrogen) atoms. The number of benzene rings is 1. The van der Waals surface area contributed by atoms with Crippen LogP contribution in [0.3, 0.4) is 0 Å². The summed E-state index contributed by atoms with van der Waals surface area (Å²) in [6.45, 7) is 0. The maximum Gasteiger partial charge on any atom is 0.263 e. The zero-order chi connectivity index (χ0) is 17.0. The molecule has 0 radical (unpaired) electrons. The van der Waals surface area contributed by atoms with Gasteiger partial charge in [0.1, 0.15) is 11.6 Å². The molecule has 0 unspecified atom stereocenters. The molecule has 0 fully saturated rings. The van der Waals surface area contributed by atoms with Crippen molar-refractivity contribution in [2.45, 2.75) is 4.90 Å². The Morgan fingerprint density at radius 3 is 2.29 bits per heavy atom. The van der Waals surface area contributed by atoms with Crippen LogP contribution in [0, 0.1) is 0 Å². The summed E-state index contributed by atoms with van der Waals surface area (Å²) in [5.41, 5.74) is 6.87. The predicted molar refractivity (Wildman–Crippen MR) is 93.4 cm³/mol. The fourth-order valence-electron chi connectivity index (χ4n) is 1.96. The van der Waals surface area contributed by atoms with Gasteiger partial charge < -0.3 is 11.1 Å². The fourth-order valence-corrected chi connectivity index (χ4v) is 2.97. The average molecular weight is 341 g/mol. The molecule has 2 aromatic heterocycles. The third-order valence-corrected chi connectivity index (χ3v) is 4.50. The summed E-state index contributed by atoms with van der Waals surface area (Å²) in [6, 6.07) is 14.8. The number of aromatic nitrogens is 2. The number of nitrogens with zero attached hydrogens (tertiary/aromatic N) is 2. The Morgan fingerprint density at radius 2 is 1.67 bits per heavy atom. The molecule has 0 atom stereocenters. The van der Waals surface area contributed by atoms with Gasteiger partial charge >= 0.3 is 0 Å². The second kappa shape index (κ2) is 6.55. The van der Waals surface area contributed by atoms with E-state index in [0.717, 1.165) is 0 Å².